The summed E-state index contributed by atoms with van der Waals surface area (Å²) in [7, 11) is 0. The number of carbonyl (C=O) groups excluding carboxylic acids is 1. The van der Waals surface area contributed by atoms with Crippen molar-refractivity contribution in [1.82, 2.24) is 0 Å². The van der Waals surface area contributed by atoms with E-state index in [-0.39, 0.29) is 24.1 Å². The molecule has 2 fully saturated rings. The van der Waals surface area contributed by atoms with E-state index in [1.165, 1.54) is 5.56 Å². The molecule has 2 bridgehead atoms. The molecular formula is C29H30O3. The second kappa shape index (κ2) is 8.91. The van der Waals surface area contributed by atoms with Crippen molar-refractivity contribution in [3.05, 3.63) is 90.5 Å². The average Bonchev–Trinajstić information content (AvgIpc) is 3.40. The Balaban J connectivity index is 1.20. The maximum Gasteiger partial charge on any atom is 0.317 e. The fourth-order valence-electron chi connectivity index (χ4n) is 5.55. The highest BCUT2D eigenvalue weighted by Crippen LogP contribution is 2.50. The van der Waals surface area contributed by atoms with Crippen molar-refractivity contribution in [1.29, 1.82) is 0 Å². The Morgan fingerprint density at radius 1 is 0.938 bits per heavy atom. The monoisotopic (exact) mass is 426 g/mol. The first-order chi connectivity index (χ1) is 15.6. The molecule has 2 aliphatic heterocycles. The van der Waals surface area contributed by atoms with Crippen LogP contribution in [0.4, 0.5) is 0 Å². The largest absolute Gasteiger partial charge is 0.426 e. The third-order valence-electron chi connectivity index (χ3n) is 7.36. The molecule has 0 spiro atoms. The van der Waals surface area contributed by atoms with Gasteiger partial charge in [0.2, 0.25) is 0 Å². The topological polar surface area (TPSA) is 35.5 Å². The van der Waals surface area contributed by atoms with Gasteiger partial charge in [-0.25, -0.2) is 0 Å². The summed E-state index contributed by atoms with van der Waals surface area (Å²) in [4.78, 5) is 13.0. The Labute approximate surface area is 190 Å². The standard InChI is InChI=1S/C29H30O3/c1-19(21-9-5-3-6-10-21)17-25-20(2)28-26(18-27(25)32-28)29(30)31-24-15-13-23(14-16-24)22-11-7-4-8-12-22/h3-16,19-20,25-28H,17-18H2,1-2H3. The van der Waals surface area contributed by atoms with Crippen LogP contribution in [-0.2, 0) is 9.53 Å². The van der Waals surface area contributed by atoms with E-state index < -0.39 is 0 Å². The van der Waals surface area contributed by atoms with Crippen molar-refractivity contribution >= 4 is 5.97 Å². The van der Waals surface area contributed by atoms with Gasteiger partial charge in [0, 0.05) is 0 Å². The molecule has 0 saturated carbocycles. The van der Waals surface area contributed by atoms with Gasteiger partial charge in [-0.15, -0.1) is 0 Å². The molecule has 0 radical (unpaired) electrons. The van der Waals surface area contributed by atoms with Gasteiger partial charge in [-0.05, 0) is 59.4 Å². The van der Waals surface area contributed by atoms with E-state index in [2.05, 4.69) is 56.3 Å². The number of benzene rings is 3. The Hall–Kier alpha value is -2.91. The highest BCUT2D eigenvalue weighted by molar-refractivity contribution is 5.77. The molecule has 2 saturated heterocycles. The van der Waals surface area contributed by atoms with Crippen LogP contribution in [0.1, 0.15) is 38.2 Å². The Bertz CT molecular complexity index is 1040. The van der Waals surface area contributed by atoms with Gasteiger partial charge in [0.15, 0.2) is 0 Å². The lowest BCUT2D eigenvalue weighted by Crippen LogP contribution is -2.37. The van der Waals surface area contributed by atoms with Crippen molar-refractivity contribution in [3.8, 4) is 16.9 Å². The number of ether oxygens (including phenoxy) is 2. The van der Waals surface area contributed by atoms with Crippen LogP contribution in [0, 0.1) is 17.8 Å². The molecule has 5 rings (SSSR count). The predicted molar refractivity (Wildman–Crippen MR) is 126 cm³/mol. The maximum atomic E-state index is 13.0. The highest BCUT2D eigenvalue weighted by atomic mass is 16.5. The predicted octanol–water partition coefficient (Wildman–Crippen LogP) is 6.49. The number of esters is 1. The first-order valence-corrected chi connectivity index (χ1v) is 11.7. The second-order valence-electron chi connectivity index (χ2n) is 9.36. The first-order valence-electron chi connectivity index (χ1n) is 11.7. The third-order valence-corrected chi connectivity index (χ3v) is 7.36. The van der Waals surface area contributed by atoms with Crippen LogP contribution >= 0.6 is 0 Å². The third kappa shape index (κ3) is 4.10. The molecule has 0 N–H and O–H groups in total. The summed E-state index contributed by atoms with van der Waals surface area (Å²) >= 11 is 0. The molecular weight excluding hydrogens is 396 g/mol. The van der Waals surface area contributed by atoms with Gasteiger partial charge < -0.3 is 9.47 Å². The van der Waals surface area contributed by atoms with Gasteiger partial charge in [-0.3, -0.25) is 4.79 Å². The van der Waals surface area contributed by atoms with Gasteiger partial charge in [-0.1, -0.05) is 86.6 Å². The molecule has 2 aliphatic rings. The van der Waals surface area contributed by atoms with Crippen LogP contribution in [-0.4, -0.2) is 18.2 Å². The summed E-state index contributed by atoms with van der Waals surface area (Å²) in [6.07, 6.45) is 1.97. The molecule has 3 aromatic rings. The zero-order valence-corrected chi connectivity index (χ0v) is 18.7. The molecule has 32 heavy (non-hydrogen) atoms. The average molecular weight is 427 g/mol. The first kappa shape index (κ1) is 21.0. The summed E-state index contributed by atoms with van der Waals surface area (Å²) in [6, 6.07) is 28.6. The molecule has 0 aromatic heterocycles. The second-order valence-corrected chi connectivity index (χ2v) is 9.36. The summed E-state index contributed by atoms with van der Waals surface area (Å²) < 4.78 is 12.0. The SMILES string of the molecule is CC(CC1C2CC(C(=O)Oc3ccc(-c4ccccc4)cc3)C(O2)C1C)c1ccccc1. The molecule has 6 atom stereocenters. The number of fused-ring (bicyclic) bond motifs is 2. The summed E-state index contributed by atoms with van der Waals surface area (Å²) in [6.45, 7) is 4.53. The fraction of sp³-hybridized carbons (Fsp3) is 0.345. The van der Waals surface area contributed by atoms with Crippen LogP contribution in [0.3, 0.4) is 0 Å². The van der Waals surface area contributed by atoms with Crippen LogP contribution in [0.2, 0.25) is 0 Å². The Kier molecular flexibility index (Phi) is 5.84. The van der Waals surface area contributed by atoms with Crippen molar-refractivity contribution in [2.75, 3.05) is 0 Å². The zero-order valence-electron chi connectivity index (χ0n) is 18.7. The molecule has 164 valence electrons. The zero-order chi connectivity index (χ0) is 22.1. The van der Waals surface area contributed by atoms with Crippen LogP contribution in [0.25, 0.3) is 11.1 Å². The van der Waals surface area contributed by atoms with Gasteiger partial charge in [-0.2, -0.15) is 0 Å². The van der Waals surface area contributed by atoms with Crippen molar-refractivity contribution < 1.29 is 14.3 Å². The minimum absolute atomic E-state index is 0.0379. The van der Waals surface area contributed by atoms with Gasteiger partial charge >= 0.3 is 5.97 Å². The number of hydrogen-bond donors (Lipinski definition) is 0. The van der Waals surface area contributed by atoms with Crippen LogP contribution < -0.4 is 4.74 Å². The quantitative estimate of drug-likeness (QED) is 0.334. The molecule has 2 heterocycles. The van der Waals surface area contributed by atoms with Crippen molar-refractivity contribution in [2.24, 2.45) is 17.8 Å². The fourth-order valence-corrected chi connectivity index (χ4v) is 5.55. The summed E-state index contributed by atoms with van der Waals surface area (Å²) in [5.41, 5.74) is 3.63. The van der Waals surface area contributed by atoms with Crippen LogP contribution in [0.15, 0.2) is 84.9 Å². The molecule has 3 heteroatoms. The molecule has 0 amide bonds. The van der Waals surface area contributed by atoms with E-state index in [4.69, 9.17) is 9.47 Å². The van der Waals surface area contributed by atoms with E-state index in [9.17, 15) is 4.79 Å². The maximum absolute atomic E-state index is 13.0. The van der Waals surface area contributed by atoms with E-state index in [0.29, 0.717) is 23.5 Å². The number of rotatable bonds is 6. The molecule has 0 aliphatic carbocycles. The van der Waals surface area contributed by atoms with E-state index in [0.717, 1.165) is 24.0 Å². The minimum Gasteiger partial charge on any atom is -0.426 e. The highest BCUT2D eigenvalue weighted by Gasteiger charge is 2.55. The van der Waals surface area contributed by atoms with Gasteiger partial charge in [0.25, 0.3) is 0 Å². The van der Waals surface area contributed by atoms with Gasteiger partial charge in [0.05, 0.1) is 18.1 Å². The van der Waals surface area contributed by atoms with E-state index in [1.54, 1.807) is 0 Å². The summed E-state index contributed by atoms with van der Waals surface area (Å²) in [5.74, 6) is 1.60. The smallest absolute Gasteiger partial charge is 0.317 e. The van der Waals surface area contributed by atoms with E-state index >= 15 is 0 Å². The molecule has 3 nitrogen and oxygen atoms in total. The summed E-state index contributed by atoms with van der Waals surface area (Å²) in [5, 5.41) is 0. The Morgan fingerprint density at radius 2 is 1.56 bits per heavy atom. The lowest BCUT2D eigenvalue weighted by molar-refractivity contribution is -0.141. The van der Waals surface area contributed by atoms with Gasteiger partial charge in [0.1, 0.15) is 5.75 Å². The normalized spacial score (nSPS) is 27.2. The van der Waals surface area contributed by atoms with Crippen LogP contribution in [0.5, 0.6) is 5.75 Å². The minimum atomic E-state index is -0.174. The van der Waals surface area contributed by atoms with Crippen molar-refractivity contribution in [2.45, 2.75) is 44.8 Å². The molecule has 3 aromatic carbocycles. The number of carbonyl (C=O) groups is 1. The number of hydrogen-bond acceptors (Lipinski definition) is 3. The van der Waals surface area contributed by atoms with E-state index in [1.807, 2.05) is 42.5 Å². The Morgan fingerprint density at radius 3 is 2.22 bits per heavy atom. The molecule has 6 unspecified atom stereocenters. The van der Waals surface area contributed by atoms with Crippen molar-refractivity contribution in [3.63, 3.8) is 0 Å². The lowest BCUT2D eigenvalue weighted by atomic mass is 9.71. The lowest BCUT2D eigenvalue weighted by Gasteiger charge is -2.31.